The maximum absolute atomic E-state index is 12.2. The summed E-state index contributed by atoms with van der Waals surface area (Å²) in [6.45, 7) is 2.49. The number of carbonyl (C=O) groups is 2. The van der Waals surface area contributed by atoms with E-state index in [1.807, 2.05) is 37.3 Å². The lowest BCUT2D eigenvalue weighted by molar-refractivity contribution is -0.141. The Morgan fingerprint density at radius 3 is 2.65 bits per heavy atom. The smallest absolute Gasteiger partial charge is 0.307 e. The maximum Gasteiger partial charge on any atom is 0.307 e. The Kier molecular flexibility index (Phi) is 5.91. The van der Waals surface area contributed by atoms with Gasteiger partial charge in [-0.15, -0.1) is 0 Å². The number of nitrogens with one attached hydrogen (secondary N) is 1. The second kappa shape index (κ2) is 8.12. The molecule has 0 saturated carbocycles. The Labute approximate surface area is 135 Å². The van der Waals surface area contributed by atoms with E-state index < -0.39 is 6.04 Å². The molecule has 6 heteroatoms. The molecule has 0 aliphatic rings. The van der Waals surface area contributed by atoms with Crippen LogP contribution >= 0.6 is 0 Å². The van der Waals surface area contributed by atoms with Crippen molar-refractivity contribution in [3.63, 3.8) is 0 Å². The van der Waals surface area contributed by atoms with Crippen molar-refractivity contribution in [2.45, 2.75) is 32.4 Å². The summed E-state index contributed by atoms with van der Waals surface area (Å²) in [4.78, 5) is 23.8. The minimum Gasteiger partial charge on any atom is -0.469 e. The molecule has 0 unspecified atom stereocenters. The fraction of sp³-hybridized carbons (Fsp3) is 0.353. The Bertz CT molecular complexity index is 636. The zero-order valence-corrected chi connectivity index (χ0v) is 13.4. The predicted octanol–water partition coefficient (Wildman–Crippen LogP) is 2.00. The third-order valence-corrected chi connectivity index (χ3v) is 3.54. The van der Waals surface area contributed by atoms with Gasteiger partial charge in [0.25, 0.3) is 0 Å². The van der Waals surface area contributed by atoms with Gasteiger partial charge >= 0.3 is 5.97 Å². The molecule has 1 N–H and O–H groups in total. The predicted molar refractivity (Wildman–Crippen MR) is 85.5 cm³/mol. The van der Waals surface area contributed by atoms with Crippen LogP contribution in [0, 0.1) is 6.92 Å². The largest absolute Gasteiger partial charge is 0.469 e. The van der Waals surface area contributed by atoms with E-state index in [0.29, 0.717) is 13.0 Å². The topological polar surface area (TPSA) is 73.2 Å². The van der Waals surface area contributed by atoms with Crippen LogP contribution in [-0.2, 0) is 20.9 Å². The summed E-state index contributed by atoms with van der Waals surface area (Å²) in [6.07, 6.45) is 3.88. The maximum atomic E-state index is 12.2. The first-order valence-electron chi connectivity index (χ1n) is 7.48. The molecule has 23 heavy (non-hydrogen) atoms. The molecule has 0 aliphatic carbocycles. The van der Waals surface area contributed by atoms with Gasteiger partial charge in [0.1, 0.15) is 0 Å². The number of hydrogen-bond donors (Lipinski definition) is 1. The van der Waals surface area contributed by atoms with E-state index in [2.05, 4.69) is 10.4 Å². The quantitative estimate of drug-likeness (QED) is 0.793. The van der Waals surface area contributed by atoms with Crippen LogP contribution in [-0.4, -0.2) is 28.8 Å². The minimum absolute atomic E-state index is 0.104. The van der Waals surface area contributed by atoms with Crippen LogP contribution in [0.5, 0.6) is 0 Å². The molecular weight excluding hydrogens is 294 g/mol. The lowest BCUT2D eigenvalue weighted by Gasteiger charge is -2.18. The summed E-state index contributed by atoms with van der Waals surface area (Å²) in [5.74, 6) is -0.488. The van der Waals surface area contributed by atoms with Crippen molar-refractivity contribution in [3.05, 3.63) is 53.9 Å². The van der Waals surface area contributed by atoms with Gasteiger partial charge in [-0.05, 0) is 18.6 Å². The fourth-order valence-electron chi connectivity index (χ4n) is 2.22. The van der Waals surface area contributed by atoms with Crippen molar-refractivity contribution in [3.8, 4) is 0 Å². The number of carbonyl (C=O) groups excluding carboxylic acids is 2. The molecular formula is C17H21N3O3. The number of amides is 1. The number of hydrogen-bond acceptors (Lipinski definition) is 4. The van der Waals surface area contributed by atoms with E-state index >= 15 is 0 Å². The van der Waals surface area contributed by atoms with Gasteiger partial charge in [-0.2, -0.15) is 5.10 Å². The van der Waals surface area contributed by atoms with Crippen molar-refractivity contribution in [1.29, 1.82) is 0 Å². The molecule has 6 nitrogen and oxygen atoms in total. The molecule has 0 saturated heterocycles. The number of aryl methyl sites for hydroxylation is 2. The highest BCUT2D eigenvalue weighted by molar-refractivity contribution is 5.78. The van der Waals surface area contributed by atoms with Gasteiger partial charge in [-0.25, -0.2) is 0 Å². The van der Waals surface area contributed by atoms with Gasteiger partial charge in [0.2, 0.25) is 5.91 Å². The van der Waals surface area contributed by atoms with Gasteiger partial charge in [0.15, 0.2) is 0 Å². The molecule has 0 spiro atoms. The van der Waals surface area contributed by atoms with E-state index in [1.54, 1.807) is 17.1 Å². The number of ether oxygens (including phenoxy) is 1. The van der Waals surface area contributed by atoms with Crippen molar-refractivity contribution in [2.24, 2.45) is 0 Å². The SMILES string of the molecule is COC(=O)C[C@@H](NC(=O)CCn1cccn1)c1ccc(C)cc1. The summed E-state index contributed by atoms with van der Waals surface area (Å²) in [6, 6.07) is 9.15. The van der Waals surface area contributed by atoms with Crippen LogP contribution < -0.4 is 5.32 Å². The first-order chi connectivity index (χ1) is 11.1. The first-order valence-corrected chi connectivity index (χ1v) is 7.48. The lowest BCUT2D eigenvalue weighted by Crippen LogP contribution is -2.31. The summed E-state index contributed by atoms with van der Waals surface area (Å²) >= 11 is 0. The molecule has 1 amide bonds. The van der Waals surface area contributed by atoms with Crippen molar-refractivity contribution in [2.75, 3.05) is 7.11 Å². The van der Waals surface area contributed by atoms with Crippen LogP contribution in [0.2, 0.25) is 0 Å². The van der Waals surface area contributed by atoms with E-state index in [0.717, 1.165) is 11.1 Å². The van der Waals surface area contributed by atoms with Gasteiger partial charge in [0, 0.05) is 25.4 Å². The van der Waals surface area contributed by atoms with Crippen LogP contribution in [0.15, 0.2) is 42.7 Å². The molecule has 1 atom stereocenters. The Balaban J connectivity index is 1.99. The van der Waals surface area contributed by atoms with Crippen LogP contribution in [0.25, 0.3) is 0 Å². The van der Waals surface area contributed by atoms with Crippen LogP contribution in [0.4, 0.5) is 0 Å². The molecule has 1 aromatic heterocycles. The van der Waals surface area contributed by atoms with Crippen molar-refractivity contribution in [1.82, 2.24) is 15.1 Å². The molecule has 2 aromatic rings. The van der Waals surface area contributed by atoms with Crippen LogP contribution in [0.3, 0.4) is 0 Å². The van der Waals surface area contributed by atoms with Gasteiger partial charge < -0.3 is 10.1 Å². The molecule has 0 fully saturated rings. The van der Waals surface area contributed by atoms with E-state index in [9.17, 15) is 9.59 Å². The third kappa shape index (κ3) is 5.25. The normalized spacial score (nSPS) is 11.7. The van der Waals surface area contributed by atoms with E-state index in [-0.39, 0.29) is 18.3 Å². The summed E-state index contributed by atoms with van der Waals surface area (Å²) in [5.41, 5.74) is 2.00. The summed E-state index contributed by atoms with van der Waals surface area (Å²) in [7, 11) is 1.34. The number of rotatable bonds is 7. The number of esters is 1. The van der Waals surface area contributed by atoms with Gasteiger partial charge in [-0.3, -0.25) is 14.3 Å². The number of benzene rings is 1. The molecule has 1 heterocycles. The molecule has 0 bridgehead atoms. The average molecular weight is 315 g/mol. The van der Waals surface area contributed by atoms with E-state index in [4.69, 9.17) is 4.74 Å². The van der Waals surface area contributed by atoms with Gasteiger partial charge in [-0.1, -0.05) is 29.8 Å². The van der Waals surface area contributed by atoms with Crippen molar-refractivity contribution >= 4 is 11.9 Å². The highest BCUT2D eigenvalue weighted by Gasteiger charge is 2.18. The molecule has 2 rings (SSSR count). The van der Waals surface area contributed by atoms with Crippen LogP contribution in [0.1, 0.15) is 30.0 Å². The highest BCUT2D eigenvalue weighted by Crippen LogP contribution is 2.18. The Morgan fingerprint density at radius 1 is 1.30 bits per heavy atom. The Hall–Kier alpha value is -2.63. The second-order valence-electron chi connectivity index (χ2n) is 5.33. The number of aromatic nitrogens is 2. The molecule has 0 aliphatic heterocycles. The lowest BCUT2D eigenvalue weighted by atomic mass is 10.0. The summed E-state index contributed by atoms with van der Waals surface area (Å²) in [5, 5.41) is 6.96. The molecule has 122 valence electrons. The number of methoxy groups -OCH3 is 1. The first kappa shape index (κ1) is 16.7. The minimum atomic E-state index is -0.395. The number of nitrogens with zero attached hydrogens (tertiary/aromatic N) is 2. The monoisotopic (exact) mass is 315 g/mol. The molecule has 1 aromatic carbocycles. The Morgan fingerprint density at radius 2 is 2.04 bits per heavy atom. The average Bonchev–Trinajstić information content (AvgIpc) is 3.06. The summed E-state index contributed by atoms with van der Waals surface area (Å²) < 4.78 is 6.42. The third-order valence-electron chi connectivity index (χ3n) is 3.54. The second-order valence-corrected chi connectivity index (χ2v) is 5.33. The zero-order valence-electron chi connectivity index (χ0n) is 13.4. The van der Waals surface area contributed by atoms with Crippen molar-refractivity contribution < 1.29 is 14.3 Å². The standard InChI is InChI=1S/C17H21N3O3/c1-13-4-6-14(7-5-13)15(12-17(22)23-2)19-16(21)8-11-20-10-3-9-18-20/h3-7,9-10,15H,8,11-12H2,1-2H3,(H,19,21)/t15-/m1/s1. The highest BCUT2D eigenvalue weighted by atomic mass is 16.5. The zero-order chi connectivity index (χ0) is 16.7. The van der Waals surface area contributed by atoms with E-state index in [1.165, 1.54) is 7.11 Å². The fourth-order valence-corrected chi connectivity index (χ4v) is 2.22. The molecule has 0 radical (unpaired) electrons. The van der Waals surface area contributed by atoms with Gasteiger partial charge in [0.05, 0.1) is 19.6 Å².